The molecule has 0 radical (unpaired) electrons. The summed E-state index contributed by atoms with van der Waals surface area (Å²) in [4.78, 5) is 0. The zero-order valence-electron chi connectivity index (χ0n) is 9.39. The Hall–Kier alpha value is -0.260. The zero-order chi connectivity index (χ0) is 9.54. The van der Waals surface area contributed by atoms with Crippen molar-refractivity contribution in [2.45, 2.75) is 58.3 Å². The smallest absolute Gasteiger partial charge is 0.0175 e. The molecule has 3 aliphatic rings. The maximum Gasteiger partial charge on any atom is -0.0175 e. The fourth-order valence-electron chi connectivity index (χ4n) is 3.60. The van der Waals surface area contributed by atoms with Gasteiger partial charge in [0, 0.05) is 0 Å². The molecule has 3 aliphatic carbocycles. The zero-order valence-corrected chi connectivity index (χ0v) is 9.39. The highest BCUT2D eigenvalue weighted by Crippen LogP contribution is 2.49. The first kappa shape index (κ1) is 9.00. The molecule has 0 N–H and O–H groups in total. The molecule has 78 valence electrons. The van der Waals surface area contributed by atoms with Gasteiger partial charge in [-0.2, -0.15) is 0 Å². The molecule has 0 aromatic heterocycles. The summed E-state index contributed by atoms with van der Waals surface area (Å²) in [6.07, 6.45) is 12.0. The van der Waals surface area contributed by atoms with Crippen molar-refractivity contribution >= 4 is 0 Å². The monoisotopic (exact) mass is 190 g/mol. The molecule has 2 unspecified atom stereocenters. The minimum absolute atomic E-state index is 1.02. The van der Waals surface area contributed by atoms with Crippen LogP contribution in [0.5, 0.6) is 0 Å². The summed E-state index contributed by atoms with van der Waals surface area (Å²) in [7, 11) is 0. The molecule has 0 bridgehead atoms. The van der Waals surface area contributed by atoms with Crippen LogP contribution in [0.15, 0.2) is 11.1 Å². The molecule has 0 spiro atoms. The number of rotatable bonds is 1. The maximum atomic E-state index is 2.45. The van der Waals surface area contributed by atoms with Gasteiger partial charge in [-0.15, -0.1) is 0 Å². The first-order valence-electron chi connectivity index (χ1n) is 6.56. The lowest BCUT2D eigenvalue weighted by molar-refractivity contribution is 0.188. The van der Waals surface area contributed by atoms with Gasteiger partial charge in [-0.3, -0.25) is 0 Å². The second-order valence-electron chi connectivity index (χ2n) is 5.67. The molecule has 0 aromatic carbocycles. The quantitative estimate of drug-likeness (QED) is 0.540. The lowest BCUT2D eigenvalue weighted by Crippen LogP contribution is -2.28. The van der Waals surface area contributed by atoms with Gasteiger partial charge in [0.1, 0.15) is 0 Å². The number of hydrogen-bond acceptors (Lipinski definition) is 0. The van der Waals surface area contributed by atoms with E-state index >= 15 is 0 Å². The molecule has 0 heterocycles. The Kier molecular flexibility index (Phi) is 2.18. The van der Waals surface area contributed by atoms with Crippen molar-refractivity contribution in [2.75, 3.05) is 0 Å². The lowest BCUT2D eigenvalue weighted by atomic mass is 9.65. The van der Waals surface area contributed by atoms with Gasteiger partial charge < -0.3 is 0 Å². The predicted molar refractivity (Wildman–Crippen MR) is 60.1 cm³/mol. The summed E-state index contributed by atoms with van der Waals surface area (Å²) >= 11 is 0. The van der Waals surface area contributed by atoms with E-state index in [1.54, 1.807) is 0 Å². The van der Waals surface area contributed by atoms with Gasteiger partial charge in [0.2, 0.25) is 0 Å². The van der Waals surface area contributed by atoms with E-state index in [9.17, 15) is 0 Å². The van der Waals surface area contributed by atoms with Crippen LogP contribution in [-0.2, 0) is 0 Å². The molecule has 2 fully saturated rings. The van der Waals surface area contributed by atoms with Gasteiger partial charge in [-0.1, -0.05) is 17.6 Å². The van der Waals surface area contributed by atoms with Crippen molar-refractivity contribution in [3.63, 3.8) is 0 Å². The molecule has 0 aliphatic heterocycles. The summed E-state index contributed by atoms with van der Waals surface area (Å²) in [5.74, 6) is 3.14. The van der Waals surface area contributed by atoms with Crippen LogP contribution in [0.3, 0.4) is 0 Å². The van der Waals surface area contributed by atoms with E-state index in [0.29, 0.717) is 0 Å². The van der Waals surface area contributed by atoms with Crippen LogP contribution in [0.1, 0.15) is 58.3 Å². The average molecular weight is 190 g/mol. The Morgan fingerprint density at radius 1 is 0.929 bits per heavy atom. The molecule has 0 heteroatoms. The van der Waals surface area contributed by atoms with Gasteiger partial charge in [0.05, 0.1) is 0 Å². The van der Waals surface area contributed by atoms with Crippen molar-refractivity contribution in [3.05, 3.63) is 11.1 Å². The van der Waals surface area contributed by atoms with Crippen molar-refractivity contribution in [1.82, 2.24) is 0 Å². The fraction of sp³-hybridized carbons (Fsp3) is 0.857. The second-order valence-corrected chi connectivity index (χ2v) is 5.67. The van der Waals surface area contributed by atoms with Crippen LogP contribution in [0.25, 0.3) is 0 Å². The van der Waals surface area contributed by atoms with E-state index in [1.807, 2.05) is 11.1 Å². The van der Waals surface area contributed by atoms with E-state index in [-0.39, 0.29) is 0 Å². The normalized spacial score (nSPS) is 38.4. The molecule has 2 saturated carbocycles. The van der Waals surface area contributed by atoms with E-state index < -0.39 is 0 Å². The second kappa shape index (κ2) is 3.40. The summed E-state index contributed by atoms with van der Waals surface area (Å²) in [5.41, 5.74) is 3.74. The molecule has 0 amide bonds. The van der Waals surface area contributed by atoms with E-state index in [0.717, 1.165) is 17.8 Å². The van der Waals surface area contributed by atoms with Crippen LogP contribution in [0.4, 0.5) is 0 Å². The average Bonchev–Trinajstić information content (AvgIpc) is 2.90. The summed E-state index contributed by atoms with van der Waals surface area (Å²) < 4.78 is 0. The third-order valence-electron chi connectivity index (χ3n) is 4.82. The molecule has 0 nitrogen and oxygen atoms in total. The molecule has 3 rings (SSSR count). The van der Waals surface area contributed by atoms with Crippen molar-refractivity contribution in [3.8, 4) is 0 Å². The summed E-state index contributed by atoms with van der Waals surface area (Å²) in [6.45, 7) is 2.45. The van der Waals surface area contributed by atoms with Crippen LogP contribution < -0.4 is 0 Å². The van der Waals surface area contributed by atoms with E-state index in [2.05, 4.69) is 6.92 Å². The number of fused-ring (bicyclic) bond motifs is 1. The van der Waals surface area contributed by atoms with Gasteiger partial charge in [0.15, 0.2) is 0 Å². The molecule has 14 heavy (non-hydrogen) atoms. The van der Waals surface area contributed by atoms with Crippen molar-refractivity contribution < 1.29 is 0 Å². The Morgan fingerprint density at radius 2 is 1.79 bits per heavy atom. The highest BCUT2D eigenvalue weighted by molar-refractivity contribution is 5.24. The predicted octanol–water partition coefficient (Wildman–Crippen LogP) is 4.31. The largest absolute Gasteiger partial charge is 0.0705 e. The van der Waals surface area contributed by atoms with E-state index in [4.69, 9.17) is 0 Å². The Morgan fingerprint density at radius 3 is 2.43 bits per heavy atom. The van der Waals surface area contributed by atoms with Gasteiger partial charge in [0.25, 0.3) is 0 Å². The minimum atomic E-state index is 1.02. The fourth-order valence-corrected chi connectivity index (χ4v) is 3.60. The summed E-state index contributed by atoms with van der Waals surface area (Å²) in [6, 6.07) is 0. The third-order valence-corrected chi connectivity index (χ3v) is 4.82. The van der Waals surface area contributed by atoms with Crippen LogP contribution >= 0.6 is 0 Å². The maximum absolute atomic E-state index is 2.45. The lowest BCUT2D eigenvalue weighted by Gasteiger charge is -2.40. The number of allylic oxidation sites excluding steroid dienone is 2. The topological polar surface area (TPSA) is 0 Å². The Balaban J connectivity index is 1.85. The molecular weight excluding hydrogens is 168 g/mol. The Bertz CT molecular complexity index is 257. The van der Waals surface area contributed by atoms with Crippen LogP contribution in [0, 0.1) is 17.8 Å². The number of hydrogen-bond donors (Lipinski definition) is 0. The molecule has 2 atom stereocenters. The van der Waals surface area contributed by atoms with Crippen molar-refractivity contribution in [2.24, 2.45) is 17.8 Å². The standard InChI is InChI=1S/C14H22/c1-10-13(12-6-7-12)5-3-2-4-11-8-9-14(10)11/h11-12,14H,2-9H2,1H3. The third kappa shape index (κ3) is 1.43. The van der Waals surface area contributed by atoms with Crippen LogP contribution in [-0.4, -0.2) is 0 Å². The molecular formula is C14H22. The minimum Gasteiger partial charge on any atom is -0.0705 e. The van der Waals surface area contributed by atoms with Gasteiger partial charge in [-0.25, -0.2) is 0 Å². The van der Waals surface area contributed by atoms with Gasteiger partial charge >= 0.3 is 0 Å². The summed E-state index contributed by atoms with van der Waals surface area (Å²) in [5, 5.41) is 0. The highest BCUT2D eigenvalue weighted by Gasteiger charge is 2.36. The van der Waals surface area contributed by atoms with Gasteiger partial charge in [-0.05, 0) is 69.6 Å². The highest BCUT2D eigenvalue weighted by atomic mass is 14.4. The SMILES string of the molecule is CC1=C(C2CC2)CCCCC2CCC12. The Labute approximate surface area is 87.8 Å². The van der Waals surface area contributed by atoms with Crippen molar-refractivity contribution in [1.29, 1.82) is 0 Å². The first-order valence-corrected chi connectivity index (χ1v) is 6.56. The van der Waals surface area contributed by atoms with E-state index in [1.165, 1.54) is 51.4 Å². The van der Waals surface area contributed by atoms with Crippen LogP contribution in [0.2, 0.25) is 0 Å². The first-order chi connectivity index (χ1) is 6.86. The molecule has 0 saturated heterocycles. The molecule has 0 aromatic rings.